The Kier molecular flexibility index (Phi) is 9.30. The van der Waals surface area contributed by atoms with Crippen LogP contribution in [0.25, 0.3) is 66.1 Å². The number of para-hydroxylation sites is 2. The molecule has 0 amide bonds. The van der Waals surface area contributed by atoms with Gasteiger partial charge in [0, 0.05) is 27.2 Å². The number of aromatic nitrogens is 2. The van der Waals surface area contributed by atoms with Crippen LogP contribution in [0.4, 0.5) is 0 Å². The van der Waals surface area contributed by atoms with Crippen LogP contribution in [0.3, 0.4) is 0 Å². The van der Waals surface area contributed by atoms with Crippen molar-refractivity contribution in [3.8, 4) is 22.5 Å². The van der Waals surface area contributed by atoms with E-state index in [1.54, 1.807) is 0 Å². The molecule has 2 heterocycles. The quantitative estimate of drug-likeness (QED) is 0.107. The summed E-state index contributed by atoms with van der Waals surface area (Å²) in [4.78, 5) is 0. The zero-order valence-electron chi connectivity index (χ0n) is 35.4. The van der Waals surface area contributed by atoms with Crippen molar-refractivity contribution in [1.82, 2.24) is 9.13 Å². The fourth-order valence-corrected chi connectivity index (χ4v) is 16.0. The monoisotopic (exact) mass is 824 g/mol. The van der Waals surface area contributed by atoms with E-state index in [1.165, 1.54) is 119 Å². The summed E-state index contributed by atoms with van der Waals surface area (Å²) in [6.07, 6.45) is 6.59. The van der Waals surface area contributed by atoms with E-state index in [2.05, 4.69) is 234 Å². The SMILES string of the molecule is c1ccc(-c2cccc([Si](c3ccccc3)(c3ccccc3)c3ccc(-n4c5ccccc5c5c(-n6c7ccccc7c7ccc(C8CCCCC8)cc76)cccc54)cc3)c2)cc1. The van der Waals surface area contributed by atoms with Crippen molar-refractivity contribution in [3.05, 3.63) is 230 Å². The first-order valence-corrected chi connectivity index (χ1v) is 24.7. The van der Waals surface area contributed by atoms with Crippen LogP contribution in [-0.4, -0.2) is 17.2 Å². The van der Waals surface area contributed by atoms with Crippen LogP contribution in [0, 0.1) is 0 Å². The van der Waals surface area contributed by atoms with E-state index in [4.69, 9.17) is 0 Å². The molecule has 0 unspecified atom stereocenters. The van der Waals surface area contributed by atoms with Crippen molar-refractivity contribution in [3.63, 3.8) is 0 Å². The highest BCUT2D eigenvalue weighted by Gasteiger charge is 2.41. The number of rotatable bonds is 8. The largest absolute Gasteiger partial charge is 0.309 e. The van der Waals surface area contributed by atoms with Crippen molar-refractivity contribution >= 4 is 72.4 Å². The van der Waals surface area contributed by atoms with Crippen LogP contribution >= 0.6 is 0 Å². The van der Waals surface area contributed by atoms with Gasteiger partial charge >= 0.3 is 0 Å². The molecule has 0 N–H and O–H groups in total. The molecule has 0 radical (unpaired) electrons. The lowest BCUT2D eigenvalue weighted by atomic mass is 9.84. The van der Waals surface area contributed by atoms with E-state index < -0.39 is 8.07 Å². The molecule has 0 atom stereocenters. The fourth-order valence-electron chi connectivity index (χ4n) is 11.2. The molecule has 3 heteroatoms. The average molecular weight is 825 g/mol. The molecule has 9 aromatic carbocycles. The number of hydrogen-bond donors (Lipinski definition) is 0. The molecule has 2 aromatic heterocycles. The molecular formula is C60H48N2Si. The molecule has 0 saturated heterocycles. The summed E-state index contributed by atoms with van der Waals surface area (Å²) in [7, 11) is -2.81. The summed E-state index contributed by atoms with van der Waals surface area (Å²) in [6, 6.07) is 84.5. The first kappa shape index (κ1) is 37.5. The summed E-state index contributed by atoms with van der Waals surface area (Å²) in [5.41, 5.74) is 11.3. The molecule has 1 saturated carbocycles. The van der Waals surface area contributed by atoms with Gasteiger partial charge in [-0.1, -0.05) is 201 Å². The molecule has 0 aliphatic heterocycles. The van der Waals surface area contributed by atoms with Gasteiger partial charge in [-0.2, -0.15) is 0 Å². The maximum atomic E-state index is 2.56. The van der Waals surface area contributed by atoms with Crippen LogP contribution in [0.15, 0.2) is 224 Å². The number of hydrogen-bond acceptors (Lipinski definition) is 0. The normalized spacial score (nSPS) is 13.7. The Balaban J connectivity index is 1.07. The van der Waals surface area contributed by atoms with Gasteiger partial charge in [-0.3, -0.25) is 0 Å². The van der Waals surface area contributed by atoms with E-state index in [1.807, 2.05) is 0 Å². The van der Waals surface area contributed by atoms with Crippen LogP contribution in [-0.2, 0) is 0 Å². The molecule has 1 aliphatic carbocycles. The van der Waals surface area contributed by atoms with Crippen molar-refractivity contribution in [2.24, 2.45) is 0 Å². The van der Waals surface area contributed by atoms with Gasteiger partial charge < -0.3 is 9.13 Å². The Morgan fingerprint density at radius 1 is 0.349 bits per heavy atom. The van der Waals surface area contributed by atoms with Crippen LogP contribution in [0.1, 0.15) is 43.6 Å². The topological polar surface area (TPSA) is 9.86 Å². The van der Waals surface area contributed by atoms with Gasteiger partial charge in [-0.15, -0.1) is 0 Å². The minimum atomic E-state index is -2.81. The molecular weight excluding hydrogens is 777 g/mol. The summed E-state index contributed by atoms with van der Waals surface area (Å²) in [6.45, 7) is 0. The maximum Gasteiger partial charge on any atom is 0.179 e. The highest BCUT2D eigenvalue weighted by Crippen LogP contribution is 2.41. The molecule has 1 fully saturated rings. The third-order valence-corrected chi connectivity index (χ3v) is 18.8. The Labute approximate surface area is 370 Å². The lowest BCUT2D eigenvalue weighted by Gasteiger charge is -2.35. The molecule has 2 nitrogen and oxygen atoms in total. The van der Waals surface area contributed by atoms with E-state index in [0.29, 0.717) is 5.92 Å². The van der Waals surface area contributed by atoms with Gasteiger partial charge in [0.15, 0.2) is 8.07 Å². The van der Waals surface area contributed by atoms with Crippen molar-refractivity contribution in [1.29, 1.82) is 0 Å². The number of benzene rings is 9. The second-order valence-corrected chi connectivity index (χ2v) is 21.3. The summed E-state index contributed by atoms with van der Waals surface area (Å²) in [5.74, 6) is 0.633. The molecule has 0 bridgehead atoms. The Morgan fingerprint density at radius 2 is 0.889 bits per heavy atom. The van der Waals surface area contributed by atoms with E-state index in [-0.39, 0.29) is 0 Å². The second kappa shape index (κ2) is 15.6. The van der Waals surface area contributed by atoms with Gasteiger partial charge in [0.2, 0.25) is 0 Å². The maximum absolute atomic E-state index is 2.81. The summed E-state index contributed by atoms with van der Waals surface area (Å²) < 4.78 is 5.05. The molecule has 11 aromatic rings. The smallest absolute Gasteiger partial charge is 0.179 e. The van der Waals surface area contributed by atoms with Gasteiger partial charge in [0.05, 0.1) is 27.8 Å². The lowest BCUT2D eigenvalue weighted by Crippen LogP contribution is -2.74. The lowest BCUT2D eigenvalue weighted by molar-refractivity contribution is 0.444. The van der Waals surface area contributed by atoms with Crippen LogP contribution < -0.4 is 20.7 Å². The van der Waals surface area contributed by atoms with E-state index >= 15 is 0 Å². The minimum absolute atomic E-state index is 0.633. The summed E-state index contributed by atoms with van der Waals surface area (Å²) in [5, 5.41) is 10.6. The van der Waals surface area contributed by atoms with Crippen molar-refractivity contribution in [2.45, 2.75) is 38.0 Å². The Bertz CT molecular complexity index is 3370. The van der Waals surface area contributed by atoms with Crippen molar-refractivity contribution < 1.29 is 0 Å². The number of nitrogens with zero attached hydrogens (tertiary/aromatic N) is 2. The van der Waals surface area contributed by atoms with Gasteiger partial charge in [0.1, 0.15) is 0 Å². The van der Waals surface area contributed by atoms with Gasteiger partial charge in [-0.05, 0) is 98.7 Å². The standard InChI is InChI=1S/C60H48N2Si/c1-5-19-43(20-6-1)45-23-17-28-51(41-45)63(48-24-9-3-10-25-48,49-26-11-4-12-27-49)50-38-36-47(37-39-50)61-56-32-16-14-30-54(56)60-57(61)33-18-34-58(60)62-55-31-15-13-29-52(55)53-40-35-46(42-59(53)62)44-21-7-2-8-22-44/h1,3-6,9-20,23-42,44H,2,7-8,21-22H2. The fraction of sp³-hybridized carbons (Fsp3) is 0.100. The highest BCUT2D eigenvalue weighted by atomic mass is 28.3. The highest BCUT2D eigenvalue weighted by molar-refractivity contribution is 7.19. The third kappa shape index (κ3) is 6.13. The van der Waals surface area contributed by atoms with Crippen molar-refractivity contribution in [2.75, 3.05) is 0 Å². The zero-order chi connectivity index (χ0) is 41.7. The predicted octanol–water partition coefficient (Wildman–Crippen LogP) is 13.0. The Morgan fingerprint density at radius 3 is 1.60 bits per heavy atom. The summed E-state index contributed by atoms with van der Waals surface area (Å²) >= 11 is 0. The van der Waals surface area contributed by atoms with Crippen LogP contribution in [0.2, 0.25) is 0 Å². The molecule has 63 heavy (non-hydrogen) atoms. The third-order valence-electron chi connectivity index (χ3n) is 14.1. The molecule has 12 rings (SSSR count). The molecule has 1 aliphatic rings. The van der Waals surface area contributed by atoms with E-state index in [9.17, 15) is 0 Å². The van der Waals surface area contributed by atoms with Crippen LogP contribution in [0.5, 0.6) is 0 Å². The molecule has 0 spiro atoms. The predicted molar refractivity (Wildman–Crippen MR) is 270 cm³/mol. The minimum Gasteiger partial charge on any atom is -0.309 e. The Hall–Kier alpha value is -7.20. The average Bonchev–Trinajstić information content (AvgIpc) is 3.89. The van der Waals surface area contributed by atoms with Gasteiger partial charge in [0.25, 0.3) is 0 Å². The number of fused-ring (bicyclic) bond motifs is 6. The molecule has 302 valence electrons. The van der Waals surface area contributed by atoms with E-state index in [0.717, 1.165) is 5.69 Å². The first-order valence-electron chi connectivity index (χ1n) is 22.7. The first-order chi connectivity index (χ1) is 31.3. The zero-order valence-corrected chi connectivity index (χ0v) is 36.4. The second-order valence-electron chi connectivity index (χ2n) is 17.5. The van der Waals surface area contributed by atoms with Gasteiger partial charge in [-0.25, -0.2) is 0 Å².